The van der Waals surface area contributed by atoms with Crippen molar-refractivity contribution in [1.29, 1.82) is 0 Å². The number of anilines is 2. The molecule has 5 nitrogen and oxygen atoms in total. The number of aliphatic hydroxyl groups is 1. The van der Waals surface area contributed by atoms with E-state index in [-0.39, 0.29) is 12.7 Å². The number of aromatic nitrogens is 1. The summed E-state index contributed by atoms with van der Waals surface area (Å²) >= 11 is 3.44. The van der Waals surface area contributed by atoms with E-state index < -0.39 is 0 Å². The van der Waals surface area contributed by atoms with Crippen LogP contribution in [0.3, 0.4) is 0 Å². The second-order valence-electron chi connectivity index (χ2n) is 3.70. The van der Waals surface area contributed by atoms with Gasteiger partial charge < -0.3 is 20.5 Å². The molecule has 0 aromatic carbocycles. The van der Waals surface area contributed by atoms with E-state index in [0.29, 0.717) is 18.8 Å². The van der Waals surface area contributed by atoms with Gasteiger partial charge in [0.1, 0.15) is 5.82 Å². The van der Waals surface area contributed by atoms with Crippen molar-refractivity contribution in [3.8, 4) is 0 Å². The number of morpholine rings is 1. The number of rotatable bonds is 2. The third kappa shape index (κ3) is 2.45. The van der Waals surface area contributed by atoms with Crippen molar-refractivity contribution in [3.05, 3.63) is 16.7 Å². The summed E-state index contributed by atoms with van der Waals surface area (Å²) in [6.07, 6.45) is 1.49. The van der Waals surface area contributed by atoms with Gasteiger partial charge in [0, 0.05) is 13.1 Å². The lowest BCUT2D eigenvalue weighted by atomic mass is 10.2. The zero-order valence-electron chi connectivity index (χ0n) is 8.77. The lowest BCUT2D eigenvalue weighted by molar-refractivity contribution is 0.00333. The Kier molecular flexibility index (Phi) is 3.63. The van der Waals surface area contributed by atoms with Crippen LogP contribution in [-0.4, -0.2) is 42.5 Å². The van der Waals surface area contributed by atoms with Crippen LogP contribution in [0.5, 0.6) is 0 Å². The maximum absolute atomic E-state index is 9.07. The second-order valence-corrected chi connectivity index (χ2v) is 4.55. The summed E-state index contributed by atoms with van der Waals surface area (Å²) in [5, 5.41) is 9.07. The molecule has 0 spiro atoms. The Hall–Kier alpha value is -0.850. The molecule has 0 aliphatic carbocycles. The van der Waals surface area contributed by atoms with Crippen LogP contribution >= 0.6 is 15.9 Å². The molecule has 1 aromatic rings. The van der Waals surface area contributed by atoms with Gasteiger partial charge in [-0.25, -0.2) is 4.98 Å². The normalized spacial score (nSPS) is 21.1. The fraction of sp³-hybridized carbons (Fsp3) is 0.500. The molecule has 6 heteroatoms. The summed E-state index contributed by atoms with van der Waals surface area (Å²) in [7, 11) is 0. The van der Waals surface area contributed by atoms with Crippen LogP contribution in [0.15, 0.2) is 16.7 Å². The van der Waals surface area contributed by atoms with Crippen molar-refractivity contribution in [2.45, 2.75) is 6.10 Å². The molecule has 3 N–H and O–H groups in total. The Morgan fingerprint density at radius 1 is 1.69 bits per heavy atom. The van der Waals surface area contributed by atoms with Crippen LogP contribution in [0.2, 0.25) is 0 Å². The maximum Gasteiger partial charge on any atom is 0.143 e. The average molecular weight is 288 g/mol. The van der Waals surface area contributed by atoms with E-state index in [9.17, 15) is 0 Å². The monoisotopic (exact) mass is 287 g/mol. The number of hydrogen-bond donors (Lipinski definition) is 2. The summed E-state index contributed by atoms with van der Waals surface area (Å²) < 4.78 is 6.25. The fourth-order valence-corrected chi connectivity index (χ4v) is 2.32. The Morgan fingerprint density at radius 2 is 2.50 bits per heavy atom. The number of aliphatic hydroxyl groups excluding tert-OH is 1. The molecule has 1 aliphatic rings. The molecule has 1 aliphatic heterocycles. The molecule has 1 unspecified atom stereocenters. The van der Waals surface area contributed by atoms with Gasteiger partial charge in [0.2, 0.25) is 0 Å². The third-order valence-electron chi connectivity index (χ3n) is 2.48. The highest BCUT2D eigenvalue weighted by Crippen LogP contribution is 2.26. The van der Waals surface area contributed by atoms with Gasteiger partial charge in [-0.2, -0.15) is 0 Å². The zero-order chi connectivity index (χ0) is 11.5. The minimum atomic E-state index is -0.139. The summed E-state index contributed by atoms with van der Waals surface area (Å²) in [5.41, 5.74) is 6.26. The van der Waals surface area contributed by atoms with Crippen LogP contribution in [0, 0.1) is 0 Å². The number of nitrogens with two attached hydrogens (primary N) is 1. The molecular formula is C10H14BrN3O2. The van der Waals surface area contributed by atoms with E-state index in [2.05, 4.69) is 25.8 Å². The fourth-order valence-electron chi connectivity index (χ4n) is 1.70. The highest BCUT2D eigenvalue weighted by Gasteiger charge is 2.22. The van der Waals surface area contributed by atoms with Crippen molar-refractivity contribution in [1.82, 2.24) is 4.98 Å². The Balaban J connectivity index is 2.16. The average Bonchev–Trinajstić information content (AvgIpc) is 2.29. The van der Waals surface area contributed by atoms with Crippen molar-refractivity contribution in [2.75, 3.05) is 36.9 Å². The number of halogens is 1. The number of pyridine rings is 1. The molecule has 1 aromatic heterocycles. The van der Waals surface area contributed by atoms with Gasteiger partial charge >= 0.3 is 0 Å². The van der Waals surface area contributed by atoms with Crippen molar-refractivity contribution < 1.29 is 9.84 Å². The summed E-state index contributed by atoms with van der Waals surface area (Å²) in [6, 6.07) is 1.83. The Labute approximate surface area is 102 Å². The first kappa shape index (κ1) is 11.6. The first-order chi connectivity index (χ1) is 7.70. The lowest BCUT2D eigenvalue weighted by Crippen LogP contribution is -2.44. The molecule has 1 atom stereocenters. The lowest BCUT2D eigenvalue weighted by Gasteiger charge is -2.33. The highest BCUT2D eigenvalue weighted by atomic mass is 79.9. The standard InChI is InChI=1S/C10H14BrN3O2/c11-9-3-7(12)4-13-10(9)14-1-2-16-8(5-14)6-15/h3-4,8,15H,1-2,5-6,12H2. The third-order valence-corrected chi connectivity index (χ3v) is 3.07. The maximum atomic E-state index is 9.07. The first-order valence-electron chi connectivity index (χ1n) is 5.09. The van der Waals surface area contributed by atoms with Gasteiger partial charge in [0.15, 0.2) is 0 Å². The number of ether oxygens (including phenoxy) is 1. The summed E-state index contributed by atoms with van der Waals surface area (Å²) in [6.45, 7) is 2.05. The molecule has 88 valence electrons. The van der Waals surface area contributed by atoms with Crippen LogP contribution in [0.1, 0.15) is 0 Å². The Bertz CT molecular complexity index is 375. The quantitative estimate of drug-likeness (QED) is 0.835. The molecule has 16 heavy (non-hydrogen) atoms. The summed E-state index contributed by atoms with van der Waals surface area (Å²) in [5.74, 6) is 0.843. The molecule has 2 heterocycles. The smallest absolute Gasteiger partial charge is 0.143 e. The van der Waals surface area contributed by atoms with Crippen LogP contribution in [0.25, 0.3) is 0 Å². The molecule has 2 rings (SSSR count). The van der Waals surface area contributed by atoms with Crippen LogP contribution < -0.4 is 10.6 Å². The number of hydrogen-bond acceptors (Lipinski definition) is 5. The van der Waals surface area contributed by atoms with Gasteiger partial charge in [0.05, 0.1) is 35.7 Å². The van der Waals surface area contributed by atoms with Crippen LogP contribution in [-0.2, 0) is 4.74 Å². The Morgan fingerprint density at radius 3 is 3.19 bits per heavy atom. The molecule has 1 saturated heterocycles. The molecular weight excluding hydrogens is 274 g/mol. The van der Waals surface area contributed by atoms with Gasteiger partial charge in [0.25, 0.3) is 0 Å². The molecule has 1 fully saturated rings. The largest absolute Gasteiger partial charge is 0.397 e. The molecule has 0 amide bonds. The predicted molar refractivity (Wildman–Crippen MR) is 65.4 cm³/mol. The number of nitrogen functional groups attached to an aromatic ring is 1. The van der Waals surface area contributed by atoms with Crippen LogP contribution in [0.4, 0.5) is 11.5 Å². The van der Waals surface area contributed by atoms with Crippen molar-refractivity contribution in [3.63, 3.8) is 0 Å². The van der Waals surface area contributed by atoms with E-state index in [1.807, 2.05) is 6.07 Å². The van der Waals surface area contributed by atoms with Crippen molar-refractivity contribution in [2.24, 2.45) is 0 Å². The molecule has 0 saturated carbocycles. The molecule has 0 bridgehead atoms. The second kappa shape index (κ2) is 4.99. The van der Waals surface area contributed by atoms with E-state index in [4.69, 9.17) is 15.6 Å². The van der Waals surface area contributed by atoms with E-state index in [1.54, 1.807) is 6.20 Å². The van der Waals surface area contributed by atoms with Gasteiger partial charge in [-0.15, -0.1) is 0 Å². The summed E-state index contributed by atoms with van der Waals surface area (Å²) in [4.78, 5) is 6.36. The predicted octanol–water partition coefficient (Wildman–Crippen LogP) is 0.624. The number of nitrogens with zero attached hydrogens (tertiary/aromatic N) is 2. The van der Waals surface area contributed by atoms with E-state index in [1.165, 1.54) is 0 Å². The molecule has 0 radical (unpaired) electrons. The SMILES string of the molecule is Nc1cnc(N2CCOC(CO)C2)c(Br)c1. The van der Waals surface area contributed by atoms with Gasteiger partial charge in [-0.05, 0) is 22.0 Å². The van der Waals surface area contributed by atoms with E-state index in [0.717, 1.165) is 16.8 Å². The van der Waals surface area contributed by atoms with Gasteiger partial charge in [-0.1, -0.05) is 0 Å². The van der Waals surface area contributed by atoms with Crippen molar-refractivity contribution >= 4 is 27.4 Å². The minimum absolute atomic E-state index is 0.0308. The first-order valence-corrected chi connectivity index (χ1v) is 5.88. The highest BCUT2D eigenvalue weighted by molar-refractivity contribution is 9.10. The topological polar surface area (TPSA) is 71.6 Å². The minimum Gasteiger partial charge on any atom is -0.397 e. The zero-order valence-corrected chi connectivity index (χ0v) is 10.4. The van der Waals surface area contributed by atoms with E-state index >= 15 is 0 Å². The van der Waals surface area contributed by atoms with Gasteiger partial charge in [-0.3, -0.25) is 0 Å².